The van der Waals surface area contributed by atoms with Crippen LogP contribution in [0, 0.1) is 0 Å². The van der Waals surface area contributed by atoms with E-state index in [0.717, 1.165) is 40.8 Å². The van der Waals surface area contributed by atoms with Crippen LogP contribution in [0.15, 0.2) is 47.5 Å². The van der Waals surface area contributed by atoms with Gasteiger partial charge in [-0.15, -0.1) is 10.2 Å². The minimum atomic E-state index is -4.62. The first-order chi connectivity index (χ1) is 15.1. The summed E-state index contributed by atoms with van der Waals surface area (Å²) in [7, 11) is 0. The van der Waals surface area contributed by atoms with Crippen LogP contribution in [0.4, 0.5) is 18.9 Å². The fourth-order valence-corrected chi connectivity index (χ4v) is 4.19. The normalized spacial score (nSPS) is 12.1. The number of hydrogen-bond donors (Lipinski definition) is 1. The van der Waals surface area contributed by atoms with E-state index in [0.29, 0.717) is 10.7 Å². The number of para-hydroxylation sites is 2. The summed E-state index contributed by atoms with van der Waals surface area (Å²) in [6, 6.07) is 10.8. The van der Waals surface area contributed by atoms with Crippen molar-refractivity contribution in [3.8, 4) is 0 Å². The molecule has 0 fully saturated rings. The quantitative estimate of drug-likeness (QED) is 0.366. The highest BCUT2D eigenvalue weighted by Crippen LogP contribution is 2.36. The number of benzene rings is 2. The van der Waals surface area contributed by atoms with Gasteiger partial charge in [0.15, 0.2) is 5.65 Å². The summed E-state index contributed by atoms with van der Waals surface area (Å²) in [6.45, 7) is 4.01. The van der Waals surface area contributed by atoms with E-state index in [4.69, 9.17) is 11.6 Å². The van der Waals surface area contributed by atoms with Crippen LogP contribution in [-0.2, 0) is 11.0 Å². The van der Waals surface area contributed by atoms with Gasteiger partial charge in [-0.3, -0.25) is 9.20 Å². The zero-order valence-electron chi connectivity index (χ0n) is 16.9. The first kappa shape index (κ1) is 22.3. The van der Waals surface area contributed by atoms with Crippen molar-refractivity contribution in [3.05, 3.63) is 58.9 Å². The lowest BCUT2D eigenvalue weighted by Crippen LogP contribution is -2.15. The Labute approximate surface area is 190 Å². The van der Waals surface area contributed by atoms with Gasteiger partial charge < -0.3 is 5.32 Å². The predicted molar refractivity (Wildman–Crippen MR) is 118 cm³/mol. The number of amides is 1. The number of halogens is 4. The molecule has 0 bridgehead atoms. The molecule has 0 spiro atoms. The second-order valence-corrected chi connectivity index (χ2v) is 8.68. The zero-order chi connectivity index (χ0) is 23.0. The van der Waals surface area contributed by atoms with Gasteiger partial charge in [0.1, 0.15) is 10.9 Å². The number of fused-ring (bicyclic) bond motifs is 3. The zero-order valence-corrected chi connectivity index (χ0v) is 18.5. The second kappa shape index (κ2) is 8.59. The smallest absolute Gasteiger partial charge is 0.325 e. The molecule has 4 aromatic rings. The molecular weight excluding hydrogens is 463 g/mol. The summed E-state index contributed by atoms with van der Waals surface area (Å²) >= 11 is 6.76. The molecule has 0 atom stereocenters. The van der Waals surface area contributed by atoms with Gasteiger partial charge in [-0.05, 0) is 30.3 Å². The lowest BCUT2D eigenvalue weighted by molar-refractivity contribution is -0.137. The molecule has 6 nitrogen and oxygen atoms in total. The van der Waals surface area contributed by atoms with Crippen LogP contribution in [0.3, 0.4) is 0 Å². The van der Waals surface area contributed by atoms with Gasteiger partial charge >= 0.3 is 6.18 Å². The number of carbonyl (C=O) groups is 1. The minimum Gasteiger partial charge on any atom is -0.325 e. The van der Waals surface area contributed by atoms with Gasteiger partial charge in [0.25, 0.3) is 0 Å². The molecule has 0 aliphatic carbocycles. The van der Waals surface area contributed by atoms with Crippen LogP contribution < -0.4 is 5.32 Å². The van der Waals surface area contributed by atoms with Gasteiger partial charge in [-0.2, -0.15) is 13.2 Å². The fourth-order valence-electron chi connectivity index (χ4n) is 3.20. The minimum absolute atomic E-state index is 0.00788. The molecule has 4 rings (SSSR count). The standard InChI is InChI=1S/C21H17ClF3N5OS/c1-11(2)18-28-29-19-20(27-15-5-3-4-6-16(15)30(18)19)32-10-17(31)26-12-7-8-14(22)13(9-12)21(23,24)25/h3-9,11H,10H2,1-2H3,(H,26,31). The van der Waals surface area contributed by atoms with Crippen molar-refractivity contribution < 1.29 is 18.0 Å². The molecule has 0 aliphatic rings. The Morgan fingerprint density at radius 1 is 1.19 bits per heavy atom. The molecule has 32 heavy (non-hydrogen) atoms. The Morgan fingerprint density at radius 3 is 2.66 bits per heavy atom. The van der Waals surface area contributed by atoms with E-state index in [1.54, 1.807) is 0 Å². The van der Waals surface area contributed by atoms with Crippen LogP contribution in [0.5, 0.6) is 0 Å². The van der Waals surface area contributed by atoms with E-state index < -0.39 is 22.7 Å². The molecule has 11 heteroatoms. The highest BCUT2D eigenvalue weighted by atomic mass is 35.5. The second-order valence-electron chi connectivity index (χ2n) is 7.31. The summed E-state index contributed by atoms with van der Waals surface area (Å²) in [4.78, 5) is 17.0. The van der Waals surface area contributed by atoms with Crippen molar-refractivity contribution in [1.29, 1.82) is 0 Å². The first-order valence-electron chi connectivity index (χ1n) is 9.58. The monoisotopic (exact) mass is 479 g/mol. The van der Waals surface area contributed by atoms with Crippen molar-refractivity contribution in [2.45, 2.75) is 31.0 Å². The van der Waals surface area contributed by atoms with E-state index in [2.05, 4.69) is 20.5 Å². The van der Waals surface area contributed by atoms with Crippen molar-refractivity contribution in [2.75, 3.05) is 11.1 Å². The molecule has 0 saturated heterocycles. The number of thioether (sulfide) groups is 1. The Kier molecular flexibility index (Phi) is 6.00. The van der Waals surface area contributed by atoms with E-state index >= 15 is 0 Å². The maximum Gasteiger partial charge on any atom is 0.417 e. The highest BCUT2D eigenvalue weighted by molar-refractivity contribution is 8.00. The maximum absolute atomic E-state index is 13.0. The molecule has 0 saturated carbocycles. The maximum atomic E-state index is 13.0. The molecule has 0 radical (unpaired) electrons. The van der Waals surface area contributed by atoms with Crippen molar-refractivity contribution >= 4 is 51.6 Å². The largest absolute Gasteiger partial charge is 0.417 e. The summed E-state index contributed by atoms with van der Waals surface area (Å²) < 4.78 is 41.1. The summed E-state index contributed by atoms with van der Waals surface area (Å²) in [5.74, 6) is 0.326. The molecule has 2 aromatic heterocycles. The van der Waals surface area contributed by atoms with Crippen molar-refractivity contribution in [1.82, 2.24) is 19.6 Å². The van der Waals surface area contributed by atoms with Crippen molar-refractivity contribution in [3.63, 3.8) is 0 Å². The Morgan fingerprint density at radius 2 is 1.94 bits per heavy atom. The molecule has 2 heterocycles. The molecule has 0 aliphatic heterocycles. The number of hydrogen-bond acceptors (Lipinski definition) is 5. The van der Waals surface area contributed by atoms with E-state index in [-0.39, 0.29) is 17.4 Å². The first-order valence-corrected chi connectivity index (χ1v) is 10.9. The third-order valence-electron chi connectivity index (χ3n) is 4.64. The van der Waals surface area contributed by atoms with Gasteiger partial charge in [-0.25, -0.2) is 4.98 Å². The van der Waals surface area contributed by atoms with Gasteiger partial charge in [0.05, 0.1) is 27.4 Å². The van der Waals surface area contributed by atoms with Crippen LogP contribution >= 0.6 is 23.4 Å². The molecule has 0 unspecified atom stereocenters. The van der Waals surface area contributed by atoms with Crippen LogP contribution in [0.25, 0.3) is 16.7 Å². The molecular formula is C21H17ClF3N5OS. The lowest BCUT2D eigenvalue weighted by Gasteiger charge is -2.12. The number of nitrogens with one attached hydrogen (secondary N) is 1. The highest BCUT2D eigenvalue weighted by Gasteiger charge is 2.33. The Balaban J connectivity index is 1.59. The van der Waals surface area contributed by atoms with Gasteiger partial charge in [0.2, 0.25) is 5.91 Å². The fraction of sp³-hybridized carbons (Fsp3) is 0.238. The predicted octanol–water partition coefficient (Wildman–Crippen LogP) is 5.80. The molecule has 1 N–H and O–H groups in total. The van der Waals surface area contributed by atoms with Crippen LogP contribution in [0.1, 0.15) is 31.2 Å². The number of alkyl halides is 3. The average Bonchev–Trinajstić information content (AvgIpc) is 3.18. The third-order valence-corrected chi connectivity index (χ3v) is 5.92. The Bertz CT molecular complexity index is 1320. The van der Waals surface area contributed by atoms with Crippen LogP contribution in [-0.4, -0.2) is 31.2 Å². The molecule has 1 amide bonds. The van der Waals surface area contributed by atoms with E-state index in [1.165, 1.54) is 6.07 Å². The van der Waals surface area contributed by atoms with E-state index in [1.807, 2.05) is 42.5 Å². The number of anilines is 1. The molecule has 2 aromatic carbocycles. The SMILES string of the molecule is CC(C)c1nnc2c(SCC(=O)Nc3ccc(Cl)c(C(F)(F)F)c3)nc3ccccc3n12. The summed E-state index contributed by atoms with van der Waals surface area (Å²) in [5, 5.41) is 11.1. The number of rotatable bonds is 5. The van der Waals surface area contributed by atoms with Gasteiger partial charge in [0, 0.05) is 11.6 Å². The lowest BCUT2D eigenvalue weighted by atomic mass is 10.2. The average molecular weight is 480 g/mol. The molecule has 166 valence electrons. The summed E-state index contributed by atoms with van der Waals surface area (Å²) in [5.41, 5.74) is 1.10. The number of nitrogens with zero attached hydrogens (tertiary/aromatic N) is 4. The number of carbonyl (C=O) groups excluding carboxylic acids is 1. The van der Waals surface area contributed by atoms with Crippen molar-refractivity contribution in [2.24, 2.45) is 0 Å². The number of aromatic nitrogens is 4. The van der Waals surface area contributed by atoms with Crippen LogP contribution in [0.2, 0.25) is 5.02 Å². The van der Waals surface area contributed by atoms with Gasteiger partial charge in [-0.1, -0.05) is 49.3 Å². The Hall–Kier alpha value is -2.85. The summed E-state index contributed by atoms with van der Waals surface area (Å²) in [6.07, 6.45) is -4.62. The third kappa shape index (κ3) is 4.37. The van der Waals surface area contributed by atoms with E-state index in [9.17, 15) is 18.0 Å². The topological polar surface area (TPSA) is 72.2 Å².